The molecule has 0 unspecified atom stereocenters. The van der Waals surface area contributed by atoms with Crippen molar-refractivity contribution in [3.63, 3.8) is 0 Å². The molecule has 10 aromatic carbocycles. The van der Waals surface area contributed by atoms with Gasteiger partial charge in [-0.25, -0.2) is 0 Å². The van der Waals surface area contributed by atoms with E-state index in [1.165, 1.54) is 93.9 Å². The summed E-state index contributed by atoms with van der Waals surface area (Å²) in [5.74, 6) is 0. The van der Waals surface area contributed by atoms with Gasteiger partial charge in [-0.2, -0.15) is 0 Å². The van der Waals surface area contributed by atoms with Gasteiger partial charge in [0.25, 0.3) is 0 Å². The maximum atomic E-state index is 2.42. The van der Waals surface area contributed by atoms with Gasteiger partial charge in [0.05, 0.1) is 11.0 Å². The van der Waals surface area contributed by atoms with Gasteiger partial charge in [-0.1, -0.05) is 172 Å². The maximum Gasteiger partial charge on any atom is 0.0541 e. The smallest absolute Gasteiger partial charge is 0.0541 e. The van der Waals surface area contributed by atoms with Crippen LogP contribution in [0.25, 0.3) is 82.8 Å². The summed E-state index contributed by atoms with van der Waals surface area (Å²) < 4.78 is 2.41. The highest BCUT2D eigenvalue weighted by Crippen LogP contribution is 2.51. The van der Waals surface area contributed by atoms with Crippen LogP contribution >= 0.6 is 0 Å². The molecule has 2 heteroatoms. The molecule has 2 nitrogen and oxygen atoms in total. The van der Waals surface area contributed by atoms with Crippen molar-refractivity contribution in [2.45, 2.75) is 19.3 Å². The molecule has 1 aromatic heterocycles. The van der Waals surface area contributed by atoms with Crippen molar-refractivity contribution in [1.29, 1.82) is 0 Å². The zero-order valence-corrected chi connectivity index (χ0v) is 35.3. The number of benzene rings is 10. The lowest BCUT2D eigenvalue weighted by Crippen LogP contribution is -2.16. The van der Waals surface area contributed by atoms with Gasteiger partial charge in [-0.15, -0.1) is 0 Å². The fourth-order valence-corrected chi connectivity index (χ4v) is 10.2. The third kappa shape index (κ3) is 6.17. The molecule has 1 aliphatic rings. The number of hydrogen-bond acceptors (Lipinski definition) is 1. The molecule has 1 heterocycles. The van der Waals surface area contributed by atoms with Crippen molar-refractivity contribution in [2.75, 3.05) is 4.90 Å². The molecule has 0 aliphatic heterocycles. The molecule has 12 rings (SSSR count). The molecule has 0 saturated carbocycles. The Labute approximate surface area is 368 Å². The summed E-state index contributed by atoms with van der Waals surface area (Å²) in [7, 11) is 0. The van der Waals surface area contributed by atoms with E-state index in [0.717, 1.165) is 17.1 Å². The van der Waals surface area contributed by atoms with Crippen molar-refractivity contribution in [3.8, 4) is 50.2 Å². The normalized spacial score (nSPS) is 12.7. The predicted octanol–water partition coefficient (Wildman–Crippen LogP) is 16.7. The van der Waals surface area contributed by atoms with Crippen LogP contribution in [0.5, 0.6) is 0 Å². The van der Waals surface area contributed by atoms with Crippen LogP contribution in [0.15, 0.2) is 231 Å². The second-order valence-corrected chi connectivity index (χ2v) is 17.4. The molecule has 0 fully saturated rings. The summed E-state index contributed by atoms with van der Waals surface area (Å²) >= 11 is 0. The van der Waals surface area contributed by atoms with Crippen LogP contribution in [0.1, 0.15) is 25.0 Å². The molecule has 0 spiro atoms. The molecule has 0 amide bonds. The third-order valence-corrected chi connectivity index (χ3v) is 13.4. The summed E-state index contributed by atoms with van der Waals surface area (Å²) in [4.78, 5) is 2.42. The molecule has 0 bridgehead atoms. The highest BCUT2D eigenvalue weighted by Gasteiger charge is 2.35. The second kappa shape index (κ2) is 14.6. The molecule has 63 heavy (non-hydrogen) atoms. The van der Waals surface area contributed by atoms with Gasteiger partial charge >= 0.3 is 0 Å². The molecule has 0 atom stereocenters. The minimum Gasteiger partial charge on any atom is -0.310 e. The molecule has 0 radical (unpaired) electrons. The summed E-state index contributed by atoms with van der Waals surface area (Å²) in [5.41, 5.74) is 19.4. The van der Waals surface area contributed by atoms with Crippen LogP contribution in [0, 0.1) is 0 Å². The van der Waals surface area contributed by atoms with Crippen LogP contribution in [0.2, 0.25) is 0 Å². The molecule has 298 valence electrons. The van der Waals surface area contributed by atoms with E-state index >= 15 is 0 Å². The van der Waals surface area contributed by atoms with E-state index in [9.17, 15) is 0 Å². The fourth-order valence-electron chi connectivity index (χ4n) is 10.2. The summed E-state index contributed by atoms with van der Waals surface area (Å²) in [6.07, 6.45) is 0. The third-order valence-electron chi connectivity index (χ3n) is 13.4. The van der Waals surface area contributed by atoms with E-state index in [4.69, 9.17) is 0 Å². The summed E-state index contributed by atoms with van der Waals surface area (Å²) in [6, 6.07) is 84.7. The van der Waals surface area contributed by atoms with Crippen LogP contribution in [-0.4, -0.2) is 4.57 Å². The molecular formula is C61H44N2. The lowest BCUT2D eigenvalue weighted by atomic mass is 9.82. The Hall–Kier alpha value is -7.94. The fraction of sp³-hybridized carbons (Fsp3) is 0.0492. The Balaban J connectivity index is 0.943. The number of fused-ring (bicyclic) bond motifs is 7. The van der Waals surface area contributed by atoms with Gasteiger partial charge in [0.1, 0.15) is 0 Å². The number of anilines is 3. The van der Waals surface area contributed by atoms with Crippen molar-refractivity contribution >= 4 is 49.6 Å². The lowest BCUT2D eigenvalue weighted by Gasteiger charge is -2.28. The SMILES string of the molecule is CC1(C)c2ccccc2-c2ccc(N(c3ccc(-c4ccccc4)cc3)c3cccc(-c4cccc(-c5ccc6c(c5)c5ccccc5n6-c5ccc6ccccc6c5)c4)c3)cc21. The highest BCUT2D eigenvalue weighted by molar-refractivity contribution is 6.10. The van der Waals surface area contributed by atoms with Crippen molar-refractivity contribution in [1.82, 2.24) is 4.57 Å². The van der Waals surface area contributed by atoms with Crippen molar-refractivity contribution < 1.29 is 0 Å². The molecule has 0 saturated heterocycles. The Bertz CT molecular complexity index is 3540. The number of aromatic nitrogens is 1. The van der Waals surface area contributed by atoms with Crippen LogP contribution in [-0.2, 0) is 5.41 Å². The van der Waals surface area contributed by atoms with E-state index < -0.39 is 0 Å². The van der Waals surface area contributed by atoms with Crippen molar-refractivity contribution in [2.24, 2.45) is 0 Å². The van der Waals surface area contributed by atoms with Gasteiger partial charge < -0.3 is 9.47 Å². The topological polar surface area (TPSA) is 8.17 Å². The molecular weight excluding hydrogens is 761 g/mol. The number of nitrogens with zero attached hydrogens (tertiary/aromatic N) is 2. The Morgan fingerprint density at radius 3 is 1.76 bits per heavy atom. The van der Waals surface area contributed by atoms with E-state index in [2.05, 4.69) is 254 Å². The summed E-state index contributed by atoms with van der Waals surface area (Å²) in [5, 5.41) is 4.99. The first-order valence-corrected chi connectivity index (χ1v) is 21.9. The zero-order chi connectivity index (χ0) is 42.1. The Morgan fingerprint density at radius 1 is 0.333 bits per heavy atom. The van der Waals surface area contributed by atoms with Crippen LogP contribution < -0.4 is 4.90 Å². The number of rotatable bonds is 7. The average Bonchev–Trinajstić information content (AvgIpc) is 3.79. The molecule has 0 N–H and O–H groups in total. The minimum absolute atomic E-state index is 0.110. The Kier molecular flexibility index (Phi) is 8.55. The monoisotopic (exact) mass is 804 g/mol. The number of hydrogen-bond donors (Lipinski definition) is 0. The second-order valence-electron chi connectivity index (χ2n) is 17.4. The standard InChI is InChI=1S/C61H44N2/c1-61(2)57-24-10-8-22-53(57)54-34-33-52(40-58(54)61)62(49-30-26-43(27-31-49)41-14-4-3-5-15-41)50-21-13-20-47(38-50)44-18-12-19-45(36-44)48-29-35-60-56(39-48)55-23-9-11-25-59(55)63(60)51-32-28-42-16-6-7-17-46(42)37-51/h3-40H,1-2H3. The van der Waals surface area contributed by atoms with Gasteiger partial charge in [0.2, 0.25) is 0 Å². The van der Waals surface area contributed by atoms with Crippen LogP contribution in [0.3, 0.4) is 0 Å². The molecule has 11 aromatic rings. The van der Waals surface area contributed by atoms with E-state index in [0.29, 0.717) is 0 Å². The number of para-hydroxylation sites is 1. The summed E-state index contributed by atoms with van der Waals surface area (Å²) in [6.45, 7) is 4.71. The largest absolute Gasteiger partial charge is 0.310 e. The first-order valence-electron chi connectivity index (χ1n) is 21.9. The maximum absolute atomic E-state index is 2.42. The predicted molar refractivity (Wildman–Crippen MR) is 267 cm³/mol. The van der Waals surface area contributed by atoms with Gasteiger partial charge in [0.15, 0.2) is 0 Å². The first kappa shape index (κ1) is 36.9. The average molecular weight is 805 g/mol. The van der Waals surface area contributed by atoms with Gasteiger partial charge in [0, 0.05) is 38.9 Å². The minimum atomic E-state index is -0.110. The molecule has 1 aliphatic carbocycles. The highest BCUT2D eigenvalue weighted by atomic mass is 15.1. The van der Waals surface area contributed by atoms with E-state index in [-0.39, 0.29) is 5.41 Å². The van der Waals surface area contributed by atoms with E-state index in [1.807, 2.05) is 0 Å². The lowest BCUT2D eigenvalue weighted by molar-refractivity contribution is 0.660. The zero-order valence-electron chi connectivity index (χ0n) is 35.3. The van der Waals surface area contributed by atoms with Gasteiger partial charge in [-0.05, 0) is 139 Å². The van der Waals surface area contributed by atoms with Crippen LogP contribution in [0.4, 0.5) is 17.1 Å². The quantitative estimate of drug-likeness (QED) is 0.156. The Morgan fingerprint density at radius 2 is 0.921 bits per heavy atom. The van der Waals surface area contributed by atoms with Crippen molar-refractivity contribution in [3.05, 3.63) is 242 Å². The first-order chi connectivity index (χ1) is 31.0. The van der Waals surface area contributed by atoms with E-state index in [1.54, 1.807) is 0 Å². The van der Waals surface area contributed by atoms with Gasteiger partial charge in [-0.3, -0.25) is 0 Å².